The first-order valence-electron chi connectivity index (χ1n) is 11.3. The number of aryl methyl sites for hydroxylation is 2. The number of benzene rings is 3. The predicted octanol–water partition coefficient (Wildman–Crippen LogP) is 5.04. The fraction of sp³-hybridized carbons (Fsp3) is 0.111. The highest BCUT2D eigenvalue weighted by molar-refractivity contribution is 6.31. The molecule has 0 saturated heterocycles. The second-order valence-corrected chi connectivity index (χ2v) is 9.11. The van der Waals surface area contributed by atoms with Gasteiger partial charge in [-0.1, -0.05) is 23.7 Å². The van der Waals surface area contributed by atoms with Crippen LogP contribution in [0, 0.1) is 0 Å². The lowest BCUT2D eigenvalue weighted by Crippen LogP contribution is -2.22. The number of imidazole rings is 1. The lowest BCUT2D eigenvalue weighted by Gasteiger charge is -2.14. The minimum atomic E-state index is -0.667. The molecule has 3 aromatic carbocycles. The van der Waals surface area contributed by atoms with Crippen molar-refractivity contribution in [2.24, 2.45) is 19.1 Å². The van der Waals surface area contributed by atoms with Gasteiger partial charge < -0.3 is 14.3 Å². The number of aliphatic imine (C=N–C) groups is 1. The van der Waals surface area contributed by atoms with Crippen molar-refractivity contribution in [1.29, 1.82) is 0 Å². The van der Waals surface area contributed by atoms with Gasteiger partial charge in [-0.3, -0.25) is 14.4 Å². The van der Waals surface area contributed by atoms with E-state index in [1.54, 1.807) is 37.5 Å². The topological polar surface area (TPSA) is 94.4 Å². The zero-order chi connectivity index (χ0) is 25.0. The molecule has 1 unspecified atom stereocenters. The van der Waals surface area contributed by atoms with Gasteiger partial charge in [-0.05, 0) is 54.1 Å². The van der Waals surface area contributed by atoms with E-state index in [4.69, 9.17) is 21.0 Å². The molecule has 1 N–H and O–H groups in total. The molecule has 0 spiro atoms. The zero-order valence-corrected chi connectivity index (χ0v) is 20.2. The van der Waals surface area contributed by atoms with Crippen molar-refractivity contribution in [3.63, 3.8) is 0 Å². The number of hydrogen-bond acceptors (Lipinski definition) is 5. The van der Waals surface area contributed by atoms with Crippen LogP contribution in [0.1, 0.15) is 17.0 Å². The van der Waals surface area contributed by atoms with E-state index in [0.29, 0.717) is 38.8 Å². The number of nitrogens with zero attached hydrogens (tertiary/aromatic N) is 4. The average Bonchev–Trinajstić information content (AvgIpc) is 3.52. The summed E-state index contributed by atoms with van der Waals surface area (Å²) < 4.78 is 8.79. The number of aromatic nitrogens is 3. The molecule has 36 heavy (non-hydrogen) atoms. The third kappa shape index (κ3) is 3.63. The van der Waals surface area contributed by atoms with Crippen LogP contribution in [0.3, 0.4) is 0 Å². The molecule has 0 aliphatic carbocycles. The van der Waals surface area contributed by atoms with Crippen LogP contribution in [0.2, 0.25) is 5.02 Å². The SMILES string of the molecule is Cn1ccnc1-c1ccc(N=C(c2ccc3c(c2)oc(=O)n3C)C2C(=O)Nc3cc(Cl)ccc32)cc1. The minimum Gasteiger partial charge on any atom is -0.408 e. The minimum absolute atomic E-state index is 0.203. The molecule has 1 aliphatic rings. The van der Waals surface area contributed by atoms with Crippen molar-refractivity contribution in [3.05, 3.63) is 99.8 Å². The Kier molecular flexibility index (Phi) is 5.12. The number of halogens is 1. The van der Waals surface area contributed by atoms with Gasteiger partial charge in [0.15, 0.2) is 5.58 Å². The average molecular weight is 498 g/mol. The Hall–Kier alpha value is -4.43. The van der Waals surface area contributed by atoms with Crippen LogP contribution in [-0.4, -0.2) is 25.7 Å². The summed E-state index contributed by atoms with van der Waals surface area (Å²) in [5, 5.41) is 3.45. The molecule has 2 aromatic heterocycles. The van der Waals surface area contributed by atoms with E-state index in [2.05, 4.69) is 10.3 Å². The van der Waals surface area contributed by atoms with Crippen molar-refractivity contribution >= 4 is 45.7 Å². The molecule has 1 atom stereocenters. The van der Waals surface area contributed by atoms with Gasteiger partial charge in [0.25, 0.3) is 0 Å². The smallest absolute Gasteiger partial charge is 0.408 e. The maximum absolute atomic E-state index is 13.2. The van der Waals surface area contributed by atoms with Gasteiger partial charge in [-0.25, -0.2) is 9.78 Å². The van der Waals surface area contributed by atoms with Gasteiger partial charge in [-0.2, -0.15) is 0 Å². The molecule has 9 heteroatoms. The molecule has 6 rings (SSSR count). The van der Waals surface area contributed by atoms with Crippen LogP contribution in [-0.2, 0) is 18.9 Å². The Balaban J connectivity index is 1.50. The molecule has 0 radical (unpaired) electrons. The van der Waals surface area contributed by atoms with E-state index in [-0.39, 0.29) is 5.91 Å². The maximum Gasteiger partial charge on any atom is 0.419 e. The summed E-state index contributed by atoms with van der Waals surface area (Å²) >= 11 is 6.16. The summed E-state index contributed by atoms with van der Waals surface area (Å²) in [5.74, 6) is -0.481. The van der Waals surface area contributed by atoms with E-state index in [9.17, 15) is 9.59 Å². The molecule has 0 saturated carbocycles. The second kappa shape index (κ2) is 8.35. The third-order valence-corrected chi connectivity index (χ3v) is 6.64. The van der Waals surface area contributed by atoms with Crippen LogP contribution in [0.15, 0.2) is 87.3 Å². The number of fused-ring (bicyclic) bond motifs is 2. The van der Waals surface area contributed by atoms with Gasteiger partial charge in [0.1, 0.15) is 11.7 Å². The van der Waals surface area contributed by atoms with Gasteiger partial charge in [0.05, 0.1) is 16.9 Å². The highest BCUT2D eigenvalue weighted by Gasteiger charge is 2.35. The molecule has 3 heterocycles. The number of oxazole rings is 1. The zero-order valence-electron chi connectivity index (χ0n) is 19.4. The van der Waals surface area contributed by atoms with Crippen LogP contribution >= 0.6 is 11.6 Å². The molecular weight excluding hydrogens is 478 g/mol. The number of amides is 1. The number of carbonyl (C=O) groups is 1. The van der Waals surface area contributed by atoms with Gasteiger partial charge >= 0.3 is 5.76 Å². The lowest BCUT2D eigenvalue weighted by molar-refractivity contribution is -0.115. The molecule has 5 aromatic rings. The molecule has 8 nitrogen and oxygen atoms in total. The van der Waals surface area contributed by atoms with Crippen LogP contribution in [0.25, 0.3) is 22.5 Å². The van der Waals surface area contributed by atoms with Crippen molar-refractivity contribution in [2.75, 3.05) is 5.32 Å². The second-order valence-electron chi connectivity index (χ2n) is 8.67. The van der Waals surface area contributed by atoms with Crippen molar-refractivity contribution in [3.8, 4) is 11.4 Å². The predicted molar refractivity (Wildman–Crippen MR) is 139 cm³/mol. The van der Waals surface area contributed by atoms with Crippen molar-refractivity contribution < 1.29 is 9.21 Å². The number of hydrogen-bond donors (Lipinski definition) is 1. The van der Waals surface area contributed by atoms with Crippen molar-refractivity contribution in [2.45, 2.75) is 5.92 Å². The monoisotopic (exact) mass is 497 g/mol. The summed E-state index contributed by atoms with van der Waals surface area (Å²) in [6, 6.07) is 18.4. The summed E-state index contributed by atoms with van der Waals surface area (Å²) in [4.78, 5) is 34.6. The van der Waals surface area contributed by atoms with Crippen LogP contribution < -0.4 is 11.1 Å². The largest absolute Gasteiger partial charge is 0.419 e. The summed E-state index contributed by atoms with van der Waals surface area (Å²) in [6.07, 6.45) is 3.64. The maximum atomic E-state index is 13.2. The number of nitrogens with one attached hydrogen (secondary N) is 1. The number of carbonyl (C=O) groups excluding carboxylic acids is 1. The molecule has 0 fully saturated rings. The third-order valence-electron chi connectivity index (χ3n) is 6.40. The first kappa shape index (κ1) is 22.1. The van der Waals surface area contributed by atoms with E-state index >= 15 is 0 Å². The standard InChI is InChI=1S/C27H20ClN5O3/c1-32-12-11-29-25(32)15-3-7-18(8-4-15)30-24(16-5-10-21-22(13-16)36-27(35)33(21)2)23-19-9-6-17(28)14-20(19)31-26(23)34/h3-14,23H,1-2H3,(H,31,34). The van der Waals surface area contributed by atoms with Gasteiger partial charge in [-0.15, -0.1) is 0 Å². The Morgan fingerprint density at radius 2 is 1.86 bits per heavy atom. The molecule has 1 amide bonds. The van der Waals surface area contributed by atoms with Gasteiger partial charge in [0, 0.05) is 48.3 Å². The first-order valence-corrected chi connectivity index (χ1v) is 11.6. The fourth-order valence-corrected chi connectivity index (χ4v) is 4.74. The number of rotatable bonds is 4. The van der Waals surface area contributed by atoms with Gasteiger partial charge in [0.2, 0.25) is 5.91 Å². The van der Waals surface area contributed by atoms with Crippen LogP contribution in [0.5, 0.6) is 0 Å². The molecular formula is C27H20ClN5O3. The Morgan fingerprint density at radius 3 is 2.61 bits per heavy atom. The highest BCUT2D eigenvalue weighted by atomic mass is 35.5. The van der Waals surface area contributed by atoms with Crippen molar-refractivity contribution in [1.82, 2.24) is 14.1 Å². The molecule has 178 valence electrons. The molecule has 0 bridgehead atoms. The Morgan fingerprint density at radius 1 is 1.06 bits per heavy atom. The van der Waals surface area contributed by atoms with E-state index in [0.717, 1.165) is 17.0 Å². The van der Waals surface area contributed by atoms with E-state index < -0.39 is 11.7 Å². The summed E-state index contributed by atoms with van der Waals surface area (Å²) in [5.41, 5.74) is 5.35. The fourth-order valence-electron chi connectivity index (χ4n) is 4.56. The number of anilines is 1. The Bertz CT molecular complexity index is 1740. The quantitative estimate of drug-likeness (QED) is 0.352. The molecule has 1 aliphatic heterocycles. The normalized spacial score (nSPS) is 15.4. The highest BCUT2D eigenvalue weighted by Crippen LogP contribution is 2.38. The summed E-state index contributed by atoms with van der Waals surface area (Å²) in [7, 11) is 3.59. The van der Waals surface area contributed by atoms with Crippen LogP contribution in [0.4, 0.5) is 11.4 Å². The summed E-state index contributed by atoms with van der Waals surface area (Å²) in [6.45, 7) is 0. The van der Waals surface area contributed by atoms with E-state index in [1.807, 2.05) is 54.2 Å². The van der Waals surface area contributed by atoms with E-state index in [1.165, 1.54) is 4.57 Å². The first-order chi connectivity index (χ1) is 17.4. The lowest BCUT2D eigenvalue weighted by atomic mass is 9.90. The Labute approximate surface area is 210 Å².